The van der Waals surface area contributed by atoms with Crippen LogP contribution in [0.1, 0.15) is 13.3 Å². The number of hydrogen-bond donors (Lipinski definition) is 2. The zero-order chi connectivity index (χ0) is 12.7. The molecule has 0 aliphatic heterocycles. The summed E-state index contributed by atoms with van der Waals surface area (Å²) < 4.78 is 28.0. The molecule has 0 aliphatic rings. The molecule has 0 fully saturated rings. The number of benzene rings is 1. The Morgan fingerprint density at radius 1 is 1.41 bits per heavy atom. The molecule has 0 radical (unpaired) electrons. The molecule has 0 amide bonds. The molecular formula is C11H15F2N3O. The molecule has 6 heteroatoms. The summed E-state index contributed by atoms with van der Waals surface area (Å²) in [6.45, 7) is -0.177. The summed E-state index contributed by atoms with van der Waals surface area (Å²) in [4.78, 5) is 4.04. The average Bonchev–Trinajstić information content (AvgIpc) is 2.28. The number of hydrogen-bond acceptors (Lipinski definition) is 2. The highest BCUT2D eigenvalue weighted by atomic mass is 19.3. The molecular weight excluding hydrogens is 228 g/mol. The molecule has 17 heavy (non-hydrogen) atoms. The third-order valence-electron chi connectivity index (χ3n) is 1.86. The molecule has 1 aromatic rings. The zero-order valence-electron chi connectivity index (χ0n) is 9.49. The van der Waals surface area contributed by atoms with Gasteiger partial charge in [-0.3, -0.25) is 4.99 Å². The Bertz CT molecular complexity index is 365. The number of nitrogens with two attached hydrogens (primary N) is 1. The van der Waals surface area contributed by atoms with Crippen molar-refractivity contribution in [2.75, 3.05) is 11.9 Å². The van der Waals surface area contributed by atoms with Crippen LogP contribution in [0.4, 0.5) is 14.5 Å². The lowest BCUT2D eigenvalue weighted by Crippen LogP contribution is -2.22. The summed E-state index contributed by atoms with van der Waals surface area (Å²) in [6, 6.07) is 6.04. The molecule has 0 unspecified atom stereocenters. The van der Waals surface area contributed by atoms with Crippen molar-refractivity contribution in [3.8, 4) is 5.75 Å². The molecule has 1 aromatic carbocycles. The van der Waals surface area contributed by atoms with E-state index in [0.29, 0.717) is 18.2 Å². The number of nitrogens with zero attached hydrogens (tertiary/aromatic N) is 1. The van der Waals surface area contributed by atoms with E-state index in [1.54, 1.807) is 12.1 Å². The topological polar surface area (TPSA) is 59.6 Å². The number of halogens is 2. The number of ether oxygens (including phenoxy) is 1. The Balaban J connectivity index is 2.56. The lowest BCUT2D eigenvalue weighted by atomic mass is 10.3. The minimum atomic E-state index is -2.81. The third-order valence-corrected chi connectivity index (χ3v) is 1.86. The first-order valence-electron chi connectivity index (χ1n) is 5.23. The number of alkyl halides is 2. The highest BCUT2D eigenvalue weighted by Crippen LogP contribution is 2.17. The molecule has 0 spiro atoms. The molecule has 1 rings (SSSR count). The second-order valence-corrected chi connectivity index (χ2v) is 3.29. The standard InChI is InChI=1S/C11H15F2N3O/c1-2-7-15-11(14)16-8-3-5-9(6-4-8)17-10(12)13/h3-6,10H,2,7H2,1H3,(H3,14,15,16). The quantitative estimate of drug-likeness (QED) is 0.616. The molecule has 0 aromatic heterocycles. The van der Waals surface area contributed by atoms with Crippen LogP contribution in [0.25, 0.3) is 0 Å². The number of anilines is 1. The van der Waals surface area contributed by atoms with E-state index in [2.05, 4.69) is 15.0 Å². The van der Waals surface area contributed by atoms with Crippen molar-refractivity contribution < 1.29 is 13.5 Å². The largest absolute Gasteiger partial charge is 0.435 e. The number of nitrogens with one attached hydrogen (secondary N) is 1. The fraction of sp³-hybridized carbons (Fsp3) is 0.364. The second kappa shape index (κ2) is 6.67. The molecule has 0 aliphatic carbocycles. The van der Waals surface area contributed by atoms with Gasteiger partial charge in [0.05, 0.1) is 0 Å². The molecule has 94 valence electrons. The van der Waals surface area contributed by atoms with E-state index in [4.69, 9.17) is 5.73 Å². The second-order valence-electron chi connectivity index (χ2n) is 3.29. The number of aliphatic imine (C=N–C) groups is 1. The predicted molar refractivity (Wildman–Crippen MR) is 63.5 cm³/mol. The fourth-order valence-corrected chi connectivity index (χ4v) is 1.14. The lowest BCUT2D eigenvalue weighted by Gasteiger charge is -2.07. The average molecular weight is 243 g/mol. The van der Waals surface area contributed by atoms with Crippen molar-refractivity contribution in [2.24, 2.45) is 10.7 Å². The van der Waals surface area contributed by atoms with Gasteiger partial charge in [0.15, 0.2) is 5.96 Å². The van der Waals surface area contributed by atoms with Crippen molar-refractivity contribution >= 4 is 11.6 Å². The summed E-state index contributed by atoms with van der Waals surface area (Å²) in [5, 5.41) is 2.84. The maximum atomic E-state index is 11.9. The van der Waals surface area contributed by atoms with Crippen LogP contribution in [0.5, 0.6) is 5.75 Å². The van der Waals surface area contributed by atoms with Gasteiger partial charge in [-0.05, 0) is 30.7 Å². The molecule has 3 N–H and O–H groups in total. The monoisotopic (exact) mass is 243 g/mol. The summed E-state index contributed by atoms with van der Waals surface area (Å²) in [6.07, 6.45) is 0.906. The summed E-state index contributed by atoms with van der Waals surface area (Å²) in [5.41, 5.74) is 6.27. The van der Waals surface area contributed by atoms with Gasteiger partial charge in [-0.1, -0.05) is 6.92 Å². The van der Waals surface area contributed by atoms with Crippen molar-refractivity contribution in [3.63, 3.8) is 0 Å². The van der Waals surface area contributed by atoms with Crippen LogP contribution < -0.4 is 15.8 Å². The van der Waals surface area contributed by atoms with Crippen LogP contribution in [0.15, 0.2) is 29.3 Å². The summed E-state index contributed by atoms with van der Waals surface area (Å²) in [7, 11) is 0. The number of rotatable bonds is 5. The fourth-order valence-electron chi connectivity index (χ4n) is 1.14. The summed E-state index contributed by atoms with van der Waals surface area (Å²) >= 11 is 0. The highest BCUT2D eigenvalue weighted by Gasteiger charge is 2.03. The first-order chi connectivity index (χ1) is 8.11. The van der Waals surface area contributed by atoms with Crippen LogP contribution in [-0.4, -0.2) is 19.1 Å². The molecule has 0 saturated carbocycles. The maximum Gasteiger partial charge on any atom is 0.387 e. The van der Waals surface area contributed by atoms with Gasteiger partial charge >= 0.3 is 6.61 Å². The van der Waals surface area contributed by atoms with Gasteiger partial charge in [0.25, 0.3) is 0 Å². The van der Waals surface area contributed by atoms with Crippen molar-refractivity contribution in [1.29, 1.82) is 0 Å². The van der Waals surface area contributed by atoms with Crippen molar-refractivity contribution in [2.45, 2.75) is 20.0 Å². The minimum Gasteiger partial charge on any atom is -0.435 e. The predicted octanol–water partition coefficient (Wildman–Crippen LogP) is 2.42. The van der Waals surface area contributed by atoms with Gasteiger partial charge in [0.1, 0.15) is 5.75 Å². The van der Waals surface area contributed by atoms with Gasteiger partial charge in [0.2, 0.25) is 0 Å². The molecule has 0 heterocycles. The first-order valence-corrected chi connectivity index (χ1v) is 5.23. The normalized spacial score (nSPS) is 11.6. The van der Waals surface area contributed by atoms with E-state index in [1.807, 2.05) is 6.92 Å². The Morgan fingerprint density at radius 2 is 2.06 bits per heavy atom. The van der Waals surface area contributed by atoms with Crippen molar-refractivity contribution in [1.82, 2.24) is 0 Å². The minimum absolute atomic E-state index is 0.106. The van der Waals surface area contributed by atoms with Gasteiger partial charge in [-0.2, -0.15) is 8.78 Å². The van der Waals surface area contributed by atoms with Gasteiger partial charge in [-0.25, -0.2) is 0 Å². The highest BCUT2D eigenvalue weighted by molar-refractivity contribution is 5.92. The van der Waals surface area contributed by atoms with Crippen LogP contribution in [0.2, 0.25) is 0 Å². The SMILES string of the molecule is CCCN=C(N)Nc1ccc(OC(F)F)cc1. The summed E-state index contributed by atoms with van der Waals surface area (Å²) in [5.74, 6) is 0.406. The van der Waals surface area contributed by atoms with Crippen LogP contribution >= 0.6 is 0 Å². The van der Waals surface area contributed by atoms with E-state index in [-0.39, 0.29) is 5.75 Å². The first kappa shape index (κ1) is 13.2. The Morgan fingerprint density at radius 3 is 2.59 bits per heavy atom. The van der Waals surface area contributed by atoms with E-state index < -0.39 is 6.61 Å². The molecule has 4 nitrogen and oxygen atoms in total. The maximum absolute atomic E-state index is 11.9. The van der Waals surface area contributed by atoms with E-state index in [9.17, 15) is 8.78 Å². The van der Waals surface area contributed by atoms with Crippen LogP contribution in [0.3, 0.4) is 0 Å². The Hall–Kier alpha value is -1.85. The van der Waals surface area contributed by atoms with Gasteiger partial charge in [-0.15, -0.1) is 0 Å². The van der Waals surface area contributed by atoms with E-state index in [0.717, 1.165) is 6.42 Å². The van der Waals surface area contributed by atoms with Crippen LogP contribution in [0, 0.1) is 0 Å². The number of guanidine groups is 1. The molecule has 0 atom stereocenters. The zero-order valence-corrected chi connectivity index (χ0v) is 9.49. The Labute approximate surface area is 98.5 Å². The lowest BCUT2D eigenvalue weighted by molar-refractivity contribution is -0.0498. The van der Waals surface area contributed by atoms with Crippen LogP contribution in [-0.2, 0) is 0 Å². The van der Waals surface area contributed by atoms with Crippen molar-refractivity contribution in [3.05, 3.63) is 24.3 Å². The van der Waals surface area contributed by atoms with E-state index >= 15 is 0 Å². The Kier molecular flexibility index (Phi) is 5.19. The molecule has 0 saturated heterocycles. The molecule has 0 bridgehead atoms. The van der Waals surface area contributed by atoms with E-state index in [1.165, 1.54) is 12.1 Å². The van der Waals surface area contributed by atoms with Gasteiger partial charge in [0, 0.05) is 12.2 Å². The smallest absolute Gasteiger partial charge is 0.387 e. The third kappa shape index (κ3) is 5.14. The van der Waals surface area contributed by atoms with Gasteiger partial charge < -0.3 is 15.8 Å².